The zero-order valence-electron chi connectivity index (χ0n) is 15.4. The van der Waals surface area contributed by atoms with Crippen LogP contribution >= 0.6 is 0 Å². The van der Waals surface area contributed by atoms with Crippen molar-refractivity contribution in [3.63, 3.8) is 0 Å². The van der Waals surface area contributed by atoms with E-state index in [0.29, 0.717) is 0 Å². The summed E-state index contributed by atoms with van der Waals surface area (Å²) in [6, 6.07) is 11.5. The molecule has 0 aliphatic carbocycles. The fourth-order valence-electron chi connectivity index (χ4n) is 4.24. The molecule has 2 heterocycles. The summed E-state index contributed by atoms with van der Waals surface area (Å²) in [5, 5.41) is 3.38. The van der Waals surface area contributed by atoms with E-state index < -0.39 is 5.82 Å². The number of halogens is 1. The molecule has 2 atom stereocenters. The molecule has 0 radical (unpaired) electrons. The Balaban J connectivity index is 1.63. The smallest absolute Gasteiger partial charge is 0.257 e. The highest BCUT2D eigenvalue weighted by atomic mass is 19.1. The minimum Gasteiger partial charge on any atom is -0.331 e. The summed E-state index contributed by atoms with van der Waals surface area (Å²) in [6.07, 6.45) is 2.98. The Morgan fingerprint density at radius 3 is 2.50 bits per heavy atom. The Hall–Kier alpha value is -2.20. The van der Waals surface area contributed by atoms with Crippen molar-refractivity contribution in [1.29, 1.82) is 0 Å². The number of fused-ring (bicyclic) bond motifs is 2. The predicted molar refractivity (Wildman–Crippen MR) is 102 cm³/mol. The fourth-order valence-corrected chi connectivity index (χ4v) is 4.24. The number of rotatable bonds is 2. The topological polar surface area (TPSA) is 32.3 Å². The molecule has 2 aromatic carbocycles. The van der Waals surface area contributed by atoms with E-state index in [1.165, 1.54) is 17.2 Å². The first-order chi connectivity index (χ1) is 12.5. The van der Waals surface area contributed by atoms with Crippen molar-refractivity contribution in [3.05, 3.63) is 58.9 Å². The van der Waals surface area contributed by atoms with Crippen LogP contribution in [0.3, 0.4) is 0 Å². The van der Waals surface area contributed by atoms with Gasteiger partial charge in [0.05, 0.1) is 5.56 Å². The van der Waals surface area contributed by atoms with Gasteiger partial charge in [-0.2, -0.15) is 0 Å². The van der Waals surface area contributed by atoms with E-state index in [0.717, 1.165) is 43.5 Å². The fraction of sp³-hybridized carbons (Fsp3) is 0.409. The molecule has 2 aliphatic heterocycles. The number of carbonyl (C=O) groups is 1. The number of carbonyl (C=O) groups excluding carboxylic acids is 1. The number of aryl methyl sites for hydroxylation is 2. The first-order valence-electron chi connectivity index (χ1n) is 9.45. The molecule has 2 aliphatic rings. The lowest BCUT2D eigenvalue weighted by atomic mass is 9.99. The van der Waals surface area contributed by atoms with Crippen molar-refractivity contribution in [2.45, 2.75) is 45.2 Å². The maximum absolute atomic E-state index is 14.8. The Bertz CT molecular complexity index is 834. The SMILES string of the molecule is Cc1ccc(-c2ccc(C(=O)N3C4CCNCC3CC4)c(F)c2)cc1C. The normalized spacial score (nSPS) is 22.3. The predicted octanol–water partition coefficient (Wildman–Crippen LogP) is 4.08. The van der Waals surface area contributed by atoms with Crippen LogP contribution in [0.1, 0.15) is 40.7 Å². The summed E-state index contributed by atoms with van der Waals surface area (Å²) in [4.78, 5) is 15.0. The highest BCUT2D eigenvalue weighted by Gasteiger charge is 2.39. The van der Waals surface area contributed by atoms with Crippen LogP contribution in [0.5, 0.6) is 0 Å². The Morgan fingerprint density at radius 2 is 1.73 bits per heavy atom. The van der Waals surface area contributed by atoms with Crippen molar-refractivity contribution < 1.29 is 9.18 Å². The van der Waals surface area contributed by atoms with Crippen LogP contribution < -0.4 is 5.32 Å². The zero-order chi connectivity index (χ0) is 18.3. The van der Waals surface area contributed by atoms with Gasteiger partial charge in [-0.1, -0.05) is 24.3 Å². The highest BCUT2D eigenvalue weighted by Crippen LogP contribution is 2.31. The van der Waals surface area contributed by atoms with Crippen molar-refractivity contribution in [2.75, 3.05) is 13.1 Å². The number of hydrogen-bond donors (Lipinski definition) is 1. The monoisotopic (exact) mass is 352 g/mol. The molecule has 2 saturated heterocycles. The third-order valence-electron chi connectivity index (χ3n) is 5.93. The maximum Gasteiger partial charge on any atom is 0.257 e. The zero-order valence-corrected chi connectivity index (χ0v) is 15.4. The van der Waals surface area contributed by atoms with Gasteiger partial charge in [0, 0.05) is 18.6 Å². The number of nitrogens with one attached hydrogen (secondary N) is 1. The molecule has 1 N–H and O–H groups in total. The van der Waals surface area contributed by atoms with Crippen LogP contribution in [0.15, 0.2) is 36.4 Å². The van der Waals surface area contributed by atoms with Crippen LogP contribution in [-0.2, 0) is 0 Å². The van der Waals surface area contributed by atoms with E-state index in [2.05, 4.69) is 25.2 Å². The number of benzene rings is 2. The summed E-state index contributed by atoms with van der Waals surface area (Å²) in [7, 11) is 0. The van der Waals surface area contributed by atoms with Gasteiger partial charge < -0.3 is 10.2 Å². The highest BCUT2D eigenvalue weighted by molar-refractivity contribution is 5.95. The molecule has 4 rings (SSSR count). The third kappa shape index (κ3) is 3.03. The minimum atomic E-state index is -0.428. The second-order valence-corrected chi connectivity index (χ2v) is 7.58. The Morgan fingerprint density at radius 1 is 1.00 bits per heavy atom. The van der Waals surface area contributed by atoms with Crippen molar-refractivity contribution >= 4 is 5.91 Å². The Kier molecular flexibility index (Phi) is 4.53. The molecule has 0 spiro atoms. The van der Waals surface area contributed by atoms with E-state index in [1.807, 2.05) is 23.1 Å². The molecule has 2 bridgehead atoms. The van der Waals surface area contributed by atoms with Crippen LogP contribution in [0.25, 0.3) is 11.1 Å². The van der Waals surface area contributed by atoms with Gasteiger partial charge in [-0.15, -0.1) is 0 Å². The molecular formula is C22H25FN2O. The molecule has 3 nitrogen and oxygen atoms in total. The molecule has 2 aromatic rings. The van der Waals surface area contributed by atoms with Crippen molar-refractivity contribution in [1.82, 2.24) is 10.2 Å². The summed E-state index contributed by atoms with van der Waals surface area (Å²) in [5.74, 6) is -0.590. The summed E-state index contributed by atoms with van der Waals surface area (Å²) >= 11 is 0. The van der Waals surface area contributed by atoms with Gasteiger partial charge in [0.15, 0.2) is 0 Å². The lowest BCUT2D eigenvalue weighted by Gasteiger charge is -2.28. The van der Waals surface area contributed by atoms with E-state index in [1.54, 1.807) is 6.07 Å². The van der Waals surface area contributed by atoms with Crippen LogP contribution in [0.2, 0.25) is 0 Å². The summed E-state index contributed by atoms with van der Waals surface area (Å²) in [6.45, 7) is 5.85. The van der Waals surface area contributed by atoms with E-state index in [9.17, 15) is 9.18 Å². The summed E-state index contributed by atoms with van der Waals surface area (Å²) < 4.78 is 14.8. The van der Waals surface area contributed by atoms with E-state index >= 15 is 0 Å². The first-order valence-corrected chi connectivity index (χ1v) is 9.45. The average molecular weight is 352 g/mol. The lowest BCUT2D eigenvalue weighted by molar-refractivity contribution is 0.0675. The van der Waals surface area contributed by atoms with Crippen molar-refractivity contribution in [2.24, 2.45) is 0 Å². The second kappa shape index (κ2) is 6.84. The molecule has 4 heteroatoms. The van der Waals surface area contributed by atoms with Crippen LogP contribution in [0, 0.1) is 19.7 Å². The van der Waals surface area contributed by atoms with E-state index in [-0.39, 0.29) is 23.6 Å². The molecule has 2 fully saturated rings. The van der Waals surface area contributed by atoms with Gasteiger partial charge in [-0.05, 0) is 74.0 Å². The third-order valence-corrected chi connectivity index (χ3v) is 5.93. The van der Waals surface area contributed by atoms with Crippen LogP contribution in [0.4, 0.5) is 4.39 Å². The van der Waals surface area contributed by atoms with E-state index in [4.69, 9.17) is 0 Å². The van der Waals surface area contributed by atoms with Gasteiger partial charge >= 0.3 is 0 Å². The molecule has 1 amide bonds. The Labute approximate surface area is 154 Å². The quantitative estimate of drug-likeness (QED) is 0.883. The van der Waals surface area contributed by atoms with Gasteiger partial charge in [0.25, 0.3) is 5.91 Å². The molecule has 136 valence electrons. The largest absolute Gasteiger partial charge is 0.331 e. The molecule has 0 saturated carbocycles. The lowest BCUT2D eigenvalue weighted by Crippen LogP contribution is -2.42. The first kappa shape index (κ1) is 17.2. The number of amides is 1. The summed E-state index contributed by atoms with van der Waals surface area (Å²) in [5.41, 5.74) is 4.37. The van der Waals surface area contributed by atoms with Gasteiger partial charge in [-0.25, -0.2) is 4.39 Å². The van der Waals surface area contributed by atoms with Crippen LogP contribution in [-0.4, -0.2) is 36.0 Å². The number of hydrogen-bond acceptors (Lipinski definition) is 2. The van der Waals surface area contributed by atoms with Gasteiger partial charge in [0.2, 0.25) is 0 Å². The van der Waals surface area contributed by atoms with Gasteiger partial charge in [0.1, 0.15) is 5.82 Å². The standard InChI is InChI=1S/C22H25FN2O/c1-14-3-4-16(11-15(14)2)17-5-8-20(21(23)12-17)22(26)25-18-6-7-19(25)13-24-10-9-18/h3-5,8,11-12,18-19,24H,6-7,9-10,13H2,1-2H3. The number of nitrogens with zero attached hydrogens (tertiary/aromatic N) is 1. The van der Waals surface area contributed by atoms with Gasteiger partial charge in [-0.3, -0.25) is 4.79 Å². The minimum absolute atomic E-state index is 0.162. The maximum atomic E-state index is 14.8. The molecule has 0 aromatic heterocycles. The molecule has 26 heavy (non-hydrogen) atoms. The molecular weight excluding hydrogens is 327 g/mol. The average Bonchev–Trinajstić information content (AvgIpc) is 2.89. The second-order valence-electron chi connectivity index (χ2n) is 7.58. The van der Waals surface area contributed by atoms with Crippen molar-refractivity contribution in [3.8, 4) is 11.1 Å². The molecule has 2 unspecified atom stereocenters.